The molecule has 180 valence electrons. The van der Waals surface area contributed by atoms with Crippen LogP contribution in [0.1, 0.15) is 27.0 Å². The summed E-state index contributed by atoms with van der Waals surface area (Å²) >= 11 is 6.01. The number of aryl methyl sites for hydroxylation is 1. The molecule has 1 heterocycles. The molecule has 0 spiro atoms. The third-order valence-corrected chi connectivity index (χ3v) is 5.60. The lowest BCUT2D eigenvalue weighted by molar-refractivity contribution is 0.102. The lowest BCUT2D eigenvalue weighted by Crippen LogP contribution is -2.12. The third kappa shape index (κ3) is 5.63. The van der Waals surface area contributed by atoms with Gasteiger partial charge in [0.1, 0.15) is 18.2 Å². The molecule has 0 saturated carbocycles. The first-order chi connectivity index (χ1) is 16.7. The molecule has 35 heavy (non-hydrogen) atoms. The second-order valence-electron chi connectivity index (χ2n) is 7.72. The zero-order chi connectivity index (χ0) is 25.1. The largest absolute Gasteiger partial charge is 0.489 e. The lowest BCUT2D eigenvalue weighted by atomic mass is 10.1. The summed E-state index contributed by atoms with van der Waals surface area (Å²) < 4.78 is 61.1. The molecule has 5 nitrogen and oxygen atoms in total. The number of rotatable bonds is 7. The van der Waals surface area contributed by atoms with Crippen molar-refractivity contribution in [2.24, 2.45) is 0 Å². The van der Waals surface area contributed by atoms with Gasteiger partial charge in [0.2, 0.25) is 0 Å². The van der Waals surface area contributed by atoms with E-state index in [9.17, 15) is 22.4 Å². The quantitative estimate of drug-likeness (QED) is 0.183. The number of aromatic nitrogens is 2. The number of halogens is 5. The smallest absolute Gasteiger partial charge is 0.255 e. The van der Waals surface area contributed by atoms with Crippen molar-refractivity contribution in [1.82, 2.24) is 9.78 Å². The Labute approximate surface area is 202 Å². The van der Waals surface area contributed by atoms with E-state index >= 15 is 0 Å². The van der Waals surface area contributed by atoms with Crippen LogP contribution in [0.3, 0.4) is 0 Å². The van der Waals surface area contributed by atoms with E-state index in [1.807, 2.05) is 13.0 Å². The number of anilines is 1. The van der Waals surface area contributed by atoms with Gasteiger partial charge >= 0.3 is 0 Å². The summed E-state index contributed by atoms with van der Waals surface area (Å²) in [6.45, 7) is 1.69. The zero-order valence-electron chi connectivity index (χ0n) is 18.3. The van der Waals surface area contributed by atoms with Crippen molar-refractivity contribution in [3.8, 4) is 5.75 Å². The van der Waals surface area contributed by atoms with E-state index in [0.717, 1.165) is 15.8 Å². The van der Waals surface area contributed by atoms with Gasteiger partial charge in [-0.3, -0.25) is 9.48 Å². The van der Waals surface area contributed by atoms with Crippen LogP contribution in [0.15, 0.2) is 60.9 Å². The monoisotopic (exact) mass is 503 g/mol. The molecule has 0 fully saturated rings. The molecule has 0 atom stereocenters. The predicted octanol–water partition coefficient (Wildman–Crippen LogP) is 6.28. The van der Waals surface area contributed by atoms with Crippen molar-refractivity contribution in [2.75, 3.05) is 5.32 Å². The Kier molecular flexibility index (Phi) is 7.07. The van der Waals surface area contributed by atoms with Crippen molar-refractivity contribution < 1.29 is 27.1 Å². The molecule has 0 radical (unpaired) electrons. The van der Waals surface area contributed by atoms with Gasteiger partial charge in [-0.25, -0.2) is 17.6 Å². The molecule has 1 aromatic heterocycles. The molecule has 0 saturated heterocycles. The second-order valence-corrected chi connectivity index (χ2v) is 8.13. The normalized spacial score (nSPS) is 10.9. The summed E-state index contributed by atoms with van der Waals surface area (Å²) in [5, 5.41) is 7.17. The van der Waals surface area contributed by atoms with Crippen molar-refractivity contribution in [2.45, 2.75) is 20.1 Å². The number of hydrogen-bond acceptors (Lipinski definition) is 3. The maximum atomic E-state index is 13.9. The number of ether oxygens (including phenoxy) is 1. The Hall–Kier alpha value is -3.85. The number of nitrogens with zero attached hydrogens (tertiary/aromatic N) is 2. The first kappa shape index (κ1) is 24.3. The fraction of sp³-hybridized carbons (Fsp3) is 0.120. The molecule has 1 N–H and O–H groups in total. The number of hydrogen-bond donors (Lipinski definition) is 1. The standard InChI is InChI=1S/C25H18ClF4N3O2/c1-14-8-18(6-7-20(14)26)35-13-15-2-4-16(5-3-15)25(34)32-17-10-31-33(11-17)12-19-21(27)9-22(28)24(30)23(19)29/h2-11H,12-13H2,1H3,(H,32,34). The number of benzene rings is 3. The van der Waals surface area contributed by atoms with Crippen molar-refractivity contribution in [3.63, 3.8) is 0 Å². The topological polar surface area (TPSA) is 56.1 Å². The van der Waals surface area contributed by atoms with Gasteiger partial charge in [0.05, 0.1) is 18.4 Å². The van der Waals surface area contributed by atoms with Gasteiger partial charge in [-0.05, 0) is 48.4 Å². The van der Waals surface area contributed by atoms with Crippen LogP contribution in [-0.2, 0) is 13.2 Å². The highest BCUT2D eigenvalue weighted by atomic mass is 35.5. The zero-order valence-corrected chi connectivity index (χ0v) is 19.0. The number of amides is 1. The molecule has 3 aromatic carbocycles. The molecule has 10 heteroatoms. The average molecular weight is 504 g/mol. The SMILES string of the molecule is Cc1cc(OCc2ccc(C(=O)Nc3cnn(Cc4c(F)cc(F)c(F)c4F)c3)cc2)ccc1Cl. The Morgan fingerprint density at radius 1 is 1.03 bits per heavy atom. The molecule has 0 unspecified atom stereocenters. The first-order valence-electron chi connectivity index (χ1n) is 10.3. The predicted molar refractivity (Wildman–Crippen MR) is 123 cm³/mol. The highest BCUT2D eigenvalue weighted by molar-refractivity contribution is 6.31. The molecule has 4 rings (SSSR count). The first-order valence-corrected chi connectivity index (χ1v) is 10.7. The minimum atomic E-state index is -1.76. The van der Waals surface area contributed by atoms with Crippen molar-refractivity contribution in [1.29, 1.82) is 0 Å². The molecular weight excluding hydrogens is 486 g/mol. The molecule has 4 aromatic rings. The molecule has 0 bridgehead atoms. The molecule has 0 aliphatic carbocycles. The van der Waals surface area contributed by atoms with Gasteiger partial charge in [-0.2, -0.15) is 5.10 Å². The lowest BCUT2D eigenvalue weighted by Gasteiger charge is -2.09. The van der Waals surface area contributed by atoms with E-state index in [0.29, 0.717) is 22.9 Å². The summed E-state index contributed by atoms with van der Waals surface area (Å²) in [4.78, 5) is 12.5. The summed E-state index contributed by atoms with van der Waals surface area (Å²) in [6, 6.07) is 12.4. The Morgan fingerprint density at radius 2 is 1.77 bits per heavy atom. The summed E-state index contributed by atoms with van der Waals surface area (Å²) in [5.74, 6) is -6.00. The van der Waals surface area contributed by atoms with E-state index < -0.39 is 41.3 Å². The Morgan fingerprint density at radius 3 is 2.49 bits per heavy atom. The number of carbonyl (C=O) groups is 1. The molecule has 0 aliphatic rings. The third-order valence-electron chi connectivity index (χ3n) is 5.17. The maximum absolute atomic E-state index is 13.9. The minimum absolute atomic E-state index is 0.254. The van der Waals surface area contributed by atoms with Crippen LogP contribution in [-0.4, -0.2) is 15.7 Å². The fourth-order valence-electron chi connectivity index (χ4n) is 3.25. The van der Waals surface area contributed by atoms with E-state index in [1.165, 1.54) is 12.4 Å². The summed E-state index contributed by atoms with van der Waals surface area (Å²) in [7, 11) is 0. The molecule has 0 aliphatic heterocycles. The number of carbonyl (C=O) groups excluding carboxylic acids is 1. The van der Waals surface area contributed by atoms with Crippen LogP contribution < -0.4 is 10.1 Å². The molecular formula is C25H18ClF4N3O2. The van der Waals surface area contributed by atoms with E-state index in [4.69, 9.17) is 16.3 Å². The maximum Gasteiger partial charge on any atom is 0.255 e. The fourth-order valence-corrected chi connectivity index (χ4v) is 3.37. The second kappa shape index (κ2) is 10.2. The van der Waals surface area contributed by atoms with Crippen LogP contribution in [0.25, 0.3) is 0 Å². The van der Waals surface area contributed by atoms with Crippen LogP contribution in [0.5, 0.6) is 5.75 Å². The molecule has 1 amide bonds. The van der Waals surface area contributed by atoms with Gasteiger partial charge in [-0.1, -0.05) is 23.7 Å². The van der Waals surface area contributed by atoms with Crippen molar-refractivity contribution in [3.05, 3.63) is 111 Å². The number of nitrogens with one attached hydrogen (secondary N) is 1. The van der Waals surface area contributed by atoms with Crippen molar-refractivity contribution >= 4 is 23.2 Å². The van der Waals surface area contributed by atoms with E-state index in [-0.39, 0.29) is 11.8 Å². The summed E-state index contributed by atoms with van der Waals surface area (Å²) in [6.07, 6.45) is 2.58. The van der Waals surface area contributed by atoms with Gasteiger partial charge in [-0.15, -0.1) is 0 Å². The Bertz CT molecular complexity index is 1390. The highest BCUT2D eigenvalue weighted by Crippen LogP contribution is 2.23. The van der Waals surface area contributed by atoms with Gasteiger partial charge in [0.25, 0.3) is 5.91 Å². The van der Waals surface area contributed by atoms with Gasteiger partial charge in [0, 0.05) is 28.4 Å². The minimum Gasteiger partial charge on any atom is -0.489 e. The Balaban J connectivity index is 1.36. The van der Waals surface area contributed by atoms with E-state index in [2.05, 4.69) is 10.4 Å². The average Bonchev–Trinajstić information content (AvgIpc) is 3.28. The van der Waals surface area contributed by atoms with Crippen LogP contribution in [0, 0.1) is 30.2 Å². The van der Waals surface area contributed by atoms with Gasteiger partial charge < -0.3 is 10.1 Å². The van der Waals surface area contributed by atoms with E-state index in [1.54, 1.807) is 36.4 Å². The van der Waals surface area contributed by atoms with Crippen LogP contribution in [0.2, 0.25) is 5.02 Å². The summed E-state index contributed by atoms with van der Waals surface area (Å²) in [5.41, 5.74) is 1.68. The van der Waals surface area contributed by atoms with Gasteiger partial charge in [0.15, 0.2) is 17.5 Å². The van der Waals surface area contributed by atoms with Crippen LogP contribution >= 0.6 is 11.6 Å². The highest BCUT2D eigenvalue weighted by Gasteiger charge is 2.19. The van der Waals surface area contributed by atoms with Crippen LogP contribution in [0.4, 0.5) is 23.2 Å².